The van der Waals surface area contributed by atoms with Crippen molar-refractivity contribution in [3.05, 3.63) is 83.5 Å². The summed E-state index contributed by atoms with van der Waals surface area (Å²) in [4.78, 5) is 16.9. The monoisotopic (exact) mass is 347 g/mol. The summed E-state index contributed by atoms with van der Waals surface area (Å²) in [7, 11) is 0. The number of benzene rings is 1. The second kappa shape index (κ2) is 6.91. The summed E-state index contributed by atoms with van der Waals surface area (Å²) in [6.07, 6.45) is 2.55. The maximum atomic E-state index is 12.7. The third kappa shape index (κ3) is 3.32. The van der Waals surface area contributed by atoms with Gasteiger partial charge in [-0.15, -0.1) is 11.3 Å². The fourth-order valence-electron chi connectivity index (χ4n) is 2.91. The Morgan fingerprint density at radius 2 is 1.92 bits per heavy atom. The molecule has 0 unspecified atom stereocenters. The van der Waals surface area contributed by atoms with Crippen LogP contribution in [0.3, 0.4) is 0 Å². The first-order valence-corrected chi connectivity index (χ1v) is 9.02. The molecule has 1 N–H and O–H groups in total. The smallest absolute Gasteiger partial charge is 0.273 e. The molecule has 0 radical (unpaired) electrons. The Morgan fingerprint density at radius 3 is 2.72 bits per heavy atom. The van der Waals surface area contributed by atoms with Gasteiger partial charge in [0.15, 0.2) is 0 Å². The summed E-state index contributed by atoms with van der Waals surface area (Å²) in [6.45, 7) is 0.759. The van der Waals surface area contributed by atoms with Crippen LogP contribution in [0.5, 0.6) is 0 Å². The summed E-state index contributed by atoms with van der Waals surface area (Å²) in [5.74, 6) is 0.432. The number of hydrogen-bond acceptors (Lipinski definition) is 3. The van der Waals surface area contributed by atoms with Crippen molar-refractivity contribution in [2.45, 2.75) is 13.0 Å². The Kier molecular flexibility index (Phi) is 4.31. The summed E-state index contributed by atoms with van der Waals surface area (Å²) in [5, 5.41) is 4.94. The predicted molar refractivity (Wildman–Crippen MR) is 102 cm³/mol. The molecule has 1 aromatic carbocycles. The van der Waals surface area contributed by atoms with Crippen LogP contribution < -0.4 is 5.32 Å². The molecule has 0 fully saturated rings. The van der Waals surface area contributed by atoms with Gasteiger partial charge in [-0.3, -0.25) is 4.79 Å². The van der Waals surface area contributed by atoms with Crippen molar-refractivity contribution in [3.63, 3.8) is 0 Å². The molecular formula is C20H17N3OS. The summed E-state index contributed by atoms with van der Waals surface area (Å²) >= 11 is 1.65. The Balaban J connectivity index is 1.62. The van der Waals surface area contributed by atoms with E-state index < -0.39 is 0 Å². The van der Waals surface area contributed by atoms with Crippen LogP contribution in [0, 0.1) is 0 Å². The van der Waals surface area contributed by atoms with Crippen LogP contribution in [-0.4, -0.2) is 15.5 Å². The maximum Gasteiger partial charge on any atom is 0.273 e. The third-order valence-corrected chi connectivity index (χ3v) is 4.98. The highest BCUT2D eigenvalue weighted by Crippen LogP contribution is 2.26. The molecule has 25 heavy (non-hydrogen) atoms. The first-order valence-electron chi connectivity index (χ1n) is 8.14. The Bertz CT molecular complexity index is 990. The molecule has 0 aliphatic rings. The van der Waals surface area contributed by atoms with Crippen molar-refractivity contribution in [2.24, 2.45) is 0 Å². The number of fused-ring (bicyclic) bond motifs is 1. The number of thiophene rings is 1. The number of nitrogens with zero attached hydrogens (tertiary/aromatic N) is 2. The van der Waals surface area contributed by atoms with Gasteiger partial charge in [-0.1, -0.05) is 36.4 Å². The molecule has 0 atom stereocenters. The average Bonchev–Trinajstić information content (AvgIpc) is 3.23. The molecule has 4 aromatic rings. The van der Waals surface area contributed by atoms with E-state index in [1.165, 1.54) is 5.56 Å². The quantitative estimate of drug-likeness (QED) is 0.574. The van der Waals surface area contributed by atoms with Gasteiger partial charge in [0.1, 0.15) is 11.5 Å². The van der Waals surface area contributed by atoms with Crippen LogP contribution in [0.1, 0.15) is 16.1 Å². The number of amides is 1. The second-order valence-corrected chi connectivity index (χ2v) is 6.70. The van der Waals surface area contributed by atoms with Gasteiger partial charge in [-0.05, 0) is 41.6 Å². The zero-order valence-corrected chi connectivity index (χ0v) is 14.4. The molecule has 3 aromatic heterocycles. The maximum absolute atomic E-state index is 12.7. The number of carbonyl (C=O) groups is 1. The summed E-state index contributed by atoms with van der Waals surface area (Å²) in [5.41, 5.74) is 3.03. The van der Waals surface area contributed by atoms with E-state index in [-0.39, 0.29) is 5.91 Å². The number of anilines is 1. The van der Waals surface area contributed by atoms with Gasteiger partial charge in [0, 0.05) is 12.7 Å². The first-order chi connectivity index (χ1) is 12.3. The van der Waals surface area contributed by atoms with E-state index in [9.17, 15) is 4.79 Å². The number of aryl methyl sites for hydroxylation is 2. The van der Waals surface area contributed by atoms with Crippen molar-refractivity contribution < 1.29 is 4.79 Å². The van der Waals surface area contributed by atoms with Crippen LogP contribution in [0.15, 0.2) is 72.2 Å². The largest absolute Gasteiger partial charge is 0.335 e. The molecule has 1 amide bonds. The van der Waals surface area contributed by atoms with Crippen LogP contribution in [0.25, 0.3) is 10.2 Å². The minimum atomic E-state index is -0.129. The Labute approximate surface area is 149 Å². The van der Waals surface area contributed by atoms with Gasteiger partial charge in [-0.2, -0.15) is 0 Å². The SMILES string of the molecule is O=C(Nc1ccccn1)c1cc2sccc2n1CCc1ccccc1. The molecule has 0 aliphatic carbocycles. The van der Waals surface area contributed by atoms with Gasteiger partial charge < -0.3 is 9.88 Å². The van der Waals surface area contributed by atoms with Gasteiger partial charge in [0.05, 0.1) is 10.2 Å². The van der Waals surface area contributed by atoms with Crippen molar-refractivity contribution >= 4 is 33.3 Å². The van der Waals surface area contributed by atoms with E-state index in [0.717, 1.165) is 23.2 Å². The lowest BCUT2D eigenvalue weighted by molar-refractivity contribution is 0.101. The fourth-order valence-corrected chi connectivity index (χ4v) is 3.73. The lowest BCUT2D eigenvalue weighted by atomic mass is 10.1. The van der Waals surface area contributed by atoms with Gasteiger partial charge >= 0.3 is 0 Å². The molecule has 0 saturated heterocycles. The Hall–Kier alpha value is -2.92. The van der Waals surface area contributed by atoms with Gasteiger partial charge in [0.25, 0.3) is 5.91 Å². The van der Waals surface area contributed by atoms with E-state index >= 15 is 0 Å². The molecule has 4 rings (SSSR count). The van der Waals surface area contributed by atoms with E-state index in [0.29, 0.717) is 11.5 Å². The molecule has 4 nitrogen and oxygen atoms in total. The highest BCUT2D eigenvalue weighted by molar-refractivity contribution is 7.17. The number of nitrogens with one attached hydrogen (secondary N) is 1. The molecule has 0 spiro atoms. The van der Waals surface area contributed by atoms with Crippen molar-refractivity contribution in [1.29, 1.82) is 0 Å². The van der Waals surface area contributed by atoms with E-state index in [2.05, 4.69) is 38.4 Å². The Morgan fingerprint density at radius 1 is 1.08 bits per heavy atom. The number of pyridine rings is 1. The molecular weight excluding hydrogens is 330 g/mol. The minimum absolute atomic E-state index is 0.129. The summed E-state index contributed by atoms with van der Waals surface area (Å²) in [6, 6.07) is 19.8. The van der Waals surface area contributed by atoms with Crippen molar-refractivity contribution in [2.75, 3.05) is 5.32 Å². The first kappa shape index (κ1) is 15.6. The minimum Gasteiger partial charge on any atom is -0.335 e. The third-order valence-electron chi connectivity index (χ3n) is 4.13. The molecule has 3 heterocycles. The number of aromatic nitrogens is 2. The van der Waals surface area contributed by atoms with Crippen LogP contribution >= 0.6 is 11.3 Å². The highest BCUT2D eigenvalue weighted by Gasteiger charge is 2.16. The van der Waals surface area contributed by atoms with E-state index in [4.69, 9.17) is 0 Å². The molecule has 124 valence electrons. The fraction of sp³-hybridized carbons (Fsp3) is 0.100. The van der Waals surface area contributed by atoms with E-state index in [1.807, 2.05) is 36.4 Å². The number of carbonyl (C=O) groups excluding carboxylic acids is 1. The van der Waals surface area contributed by atoms with Crippen LogP contribution in [-0.2, 0) is 13.0 Å². The molecule has 0 aliphatic heterocycles. The second-order valence-electron chi connectivity index (χ2n) is 5.76. The van der Waals surface area contributed by atoms with E-state index in [1.54, 1.807) is 23.6 Å². The molecule has 0 bridgehead atoms. The van der Waals surface area contributed by atoms with Crippen molar-refractivity contribution in [3.8, 4) is 0 Å². The average molecular weight is 347 g/mol. The summed E-state index contributed by atoms with van der Waals surface area (Å²) < 4.78 is 3.22. The molecule has 0 saturated carbocycles. The zero-order valence-electron chi connectivity index (χ0n) is 13.6. The van der Waals surface area contributed by atoms with Crippen molar-refractivity contribution in [1.82, 2.24) is 9.55 Å². The topological polar surface area (TPSA) is 46.9 Å². The van der Waals surface area contributed by atoms with Gasteiger partial charge in [0.2, 0.25) is 0 Å². The predicted octanol–water partition coefficient (Wildman–Crippen LogP) is 4.59. The zero-order chi connectivity index (χ0) is 17.1. The number of rotatable bonds is 5. The van der Waals surface area contributed by atoms with Gasteiger partial charge in [-0.25, -0.2) is 4.98 Å². The van der Waals surface area contributed by atoms with Crippen LogP contribution in [0.4, 0.5) is 5.82 Å². The lowest BCUT2D eigenvalue weighted by Crippen LogP contribution is -2.18. The normalized spacial score (nSPS) is 10.9. The highest BCUT2D eigenvalue weighted by atomic mass is 32.1. The number of hydrogen-bond donors (Lipinski definition) is 1. The standard InChI is InChI=1S/C20H17N3OS/c24-20(22-19-8-4-5-11-21-19)17-14-18-16(10-13-25-18)23(17)12-9-15-6-2-1-3-7-15/h1-8,10-11,13-14H,9,12H2,(H,21,22,24). The lowest BCUT2D eigenvalue weighted by Gasteiger charge is -2.10. The molecule has 5 heteroatoms. The van der Waals surface area contributed by atoms with Crippen LogP contribution in [0.2, 0.25) is 0 Å².